The Morgan fingerprint density at radius 3 is 2.46 bits per heavy atom. The van der Waals surface area contributed by atoms with Crippen LogP contribution >= 0.6 is 0 Å². The lowest BCUT2D eigenvalue weighted by Gasteiger charge is -2.03. The standard InChI is InChI=1S/C21H17NO2/c23-21(24-16-18-11-13-22-14-12-18)10-9-17-5-4-8-20(15-17)19-6-2-1-3-7-19/h1-15H,16H2/b10-9+. The fourth-order valence-corrected chi connectivity index (χ4v) is 2.30. The summed E-state index contributed by atoms with van der Waals surface area (Å²) in [4.78, 5) is 15.7. The maximum absolute atomic E-state index is 11.8. The average molecular weight is 315 g/mol. The third-order valence-corrected chi connectivity index (χ3v) is 3.54. The molecule has 0 aliphatic rings. The molecular formula is C21H17NO2. The summed E-state index contributed by atoms with van der Waals surface area (Å²) in [5.74, 6) is -0.364. The van der Waals surface area contributed by atoms with E-state index >= 15 is 0 Å². The van der Waals surface area contributed by atoms with Crippen LogP contribution in [0.25, 0.3) is 17.2 Å². The maximum atomic E-state index is 11.8. The van der Waals surface area contributed by atoms with Gasteiger partial charge in [0.25, 0.3) is 0 Å². The van der Waals surface area contributed by atoms with Gasteiger partial charge in [0.1, 0.15) is 6.61 Å². The van der Waals surface area contributed by atoms with Gasteiger partial charge in [0.2, 0.25) is 0 Å². The van der Waals surface area contributed by atoms with Gasteiger partial charge in [-0.3, -0.25) is 4.98 Å². The molecule has 118 valence electrons. The predicted octanol–water partition coefficient (Wildman–Crippen LogP) is 4.51. The first kappa shape index (κ1) is 15.7. The Bertz CT molecular complexity index is 827. The molecule has 0 fully saturated rings. The highest BCUT2D eigenvalue weighted by Crippen LogP contribution is 2.20. The molecule has 0 saturated carbocycles. The molecule has 0 unspecified atom stereocenters. The van der Waals surface area contributed by atoms with Crippen LogP contribution in [0.2, 0.25) is 0 Å². The zero-order valence-corrected chi connectivity index (χ0v) is 13.1. The monoisotopic (exact) mass is 315 g/mol. The topological polar surface area (TPSA) is 39.2 Å². The number of benzene rings is 2. The van der Waals surface area contributed by atoms with Crippen LogP contribution in [0.5, 0.6) is 0 Å². The van der Waals surface area contributed by atoms with Crippen LogP contribution in [0.15, 0.2) is 85.2 Å². The fraction of sp³-hybridized carbons (Fsp3) is 0.0476. The summed E-state index contributed by atoms with van der Waals surface area (Å²) < 4.78 is 5.21. The van der Waals surface area contributed by atoms with Crippen LogP contribution in [-0.4, -0.2) is 11.0 Å². The Morgan fingerprint density at radius 2 is 1.67 bits per heavy atom. The minimum absolute atomic E-state index is 0.246. The number of aromatic nitrogens is 1. The van der Waals surface area contributed by atoms with Crippen molar-refractivity contribution in [1.29, 1.82) is 0 Å². The molecule has 0 radical (unpaired) electrons. The number of nitrogens with zero attached hydrogens (tertiary/aromatic N) is 1. The molecule has 0 aliphatic heterocycles. The zero-order chi connectivity index (χ0) is 16.6. The van der Waals surface area contributed by atoms with Gasteiger partial charge in [0.05, 0.1) is 0 Å². The summed E-state index contributed by atoms with van der Waals surface area (Å²) in [5.41, 5.74) is 4.13. The molecule has 0 amide bonds. The molecule has 24 heavy (non-hydrogen) atoms. The largest absolute Gasteiger partial charge is 0.458 e. The molecule has 1 aromatic heterocycles. The van der Waals surface area contributed by atoms with Gasteiger partial charge in [0.15, 0.2) is 0 Å². The number of rotatable bonds is 5. The number of hydrogen-bond donors (Lipinski definition) is 0. The fourth-order valence-electron chi connectivity index (χ4n) is 2.30. The van der Waals surface area contributed by atoms with Gasteiger partial charge in [0, 0.05) is 18.5 Å². The molecule has 0 aliphatic carbocycles. The van der Waals surface area contributed by atoms with Crippen molar-refractivity contribution in [2.75, 3.05) is 0 Å². The van der Waals surface area contributed by atoms with Crippen molar-refractivity contribution in [1.82, 2.24) is 4.98 Å². The van der Waals surface area contributed by atoms with Crippen molar-refractivity contribution in [2.45, 2.75) is 6.61 Å². The van der Waals surface area contributed by atoms with Gasteiger partial charge >= 0.3 is 5.97 Å². The van der Waals surface area contributed by atoms with Gasteiger partial charge in [-0.1, -0.05) is 48.5 Å². The lowest BCUT2D eigenvalue weighted by Crippen LogP contribution is -2.00. The van der Waals surface area contributed by atoms with Gasteiger partial charge < -0.3 is 4.74 Å². The molecule has 0 bridgehead atoms. The Morgan fingerprint density at radius 1 is 0.917 bits per heavy atom. The van der Waals surface area contributed by atoms with Gasteiger partial charge in [-0.2, -0.15) is 0 Å². The van der Waals surface area contributed by atoms with Crippen LogP contribution in [0.4, 0.5) is 0 Å². The Labute approximate surface area is 141 Å². The van der Waals surface area contributed by atoms with E-state index < -0.39 is 0 Å². The number of hydrogen-bond acceptors (Lipinski definition) is 3. The van der Waals surface area contributed by atoms with Crippen molar-refractivity contribution >= 4 is 12.0 Å². The number of carbonyl (C=O) groups excluding carboxylic acids is 1. The number of esters is 1. The van der Waals surface area contributed by atoms with Gasteiger partial charge in [-0.05, 0) is 46.5 Å². The van der Waals surface area contributed by atoms with E-state index in [4.69, 9.17) is 4.74 Å². The van der Waals surface area contributed by atoms with E-state index in [1.54, 1.807) is 18.5 Å². The molecule has 3 rings (SSSR count). The van der Waals surface area contributed by atoms with E-state index in [0.29, 0.717) is 0 Å². The van der Waals surface area contributed by atoms with Crippen molar-refractivity contribution in [2.24, 2.45) is 0 Å². The van der Waals surface area contributed by atoms with E-state index in [9.17, 15) is 4.79 Å². The Balaban J connectivity index is 1.63. The van der Waals surface area contributed by atoms with Crippen molar-refractivity contribution in [3.63, 3.8) is 0 Å². The summed E-state index contributed by atoms with van der Waals surface area (Å²) in [5, 5.41) is 0. The molecule has 1 heterocycles. The molecular weight excluding hydrogens is 298 g/mol. The third kappa shape index (κ3) is 4.40. The summed E-state index contributed by atoms with van der Waals surface area (Å²) in [6.07, 6.45) is 6.56. The molecule has 0 N–H and O–H groups in total. The lowest BCUT2D eigenvalue weighted by molar-refractivity contribution is -0.138. The smallest absolute Gasteiger partial charge is 0.331 e. The minimum Gasteiger partial charge on any atom is -0.458 e. The van der Waals surface area contributed by atoms with E-state index in [-0.39, 0.29) is 12.6 Å². The van der Waals surface area contributed by atoms with Crippen LogP contribution in [0, 0.1) is 0 Å². The SMILES string of the molecule is O=C(/C=C/c1cccc(-c2ccccc2)c1)OCc1ccncc1. The van der Waals surface area contributed by atoms with Crippen LogP contribution in [0.3, 0.4) is 0 Å². The molecule has 2 aromatic carbocycles. The highest BCUT2D eigenvalue weighted by atomic mass is 16.5. The summed E-state index contributed by atoms with van der Waals surface area (Å²) in [6, 6.07) is 21.8. The Hall–Kier alpha value is -3.20. The molecule has 3 nitrogen and oxygen atoms in total. The second kappa shape index (κ2) is 7.88. The summed E-state index contributed by atoms with van der Waals surface area (Å²) in [7, 11) is 0. The van der Waals surface area contributed by atoms with Gasteiger partial charge in [-0.25, -0.2) is 4.79 Å². The van der Waals surface area contributed by atoms with Crippen molar-refractivity contribution < 1.29 is 9.53 Å². The lowest BCUT2D eigenvalue weighted by atomic mass is 10.0. The van der Waals surface area contributed by atoms with Gasteiger partial charge in [-0.15, -0.1) is 0 Å². The van der Waals surface area contributed by atoms with Crippen molar-refractivity contribution in [3.05, 3.63) is 96.3 Å². The molecule has 0 spiro atoms. The molecule has 0 saturated heterocycles. The minimum atomic E-state index is -0.364. The number of carbonyl (C=O) groups is 1. The van der Waals surface area contributed by atoms with Crippen molar-refractivity contribution in [3.8, 4) is 11.1 Å². The second-order valence-corrected chi connectivity index (χ2v) is 5.29. The first-order valence-corrected chi connectivity index (χ1v) is 7.70. The zero-order valence-electron chi connectivity index (χ0n) is 13.1. The number of ether oxygens (including phenoxy) is 1. The highest BCUT2D eigenvalue weighted by Gasteiger charge is 2.00. The van der Waals surface area contributed by atoms with E-state index in [0.717, 1.165) is 22.3 Å². The first-order chi connectivity index (χ1) is 11.8. The van der Waals surface area contributed by atoms with Crippen LogP contribution < -0.4 is 0 Å². The highest BCUT2D eigenvalue weighted by molar-refractivity contribution is 5.87. The third-order valence-electron chi connectivity index (χ3n) is 3.54. The summed E-state index contributed by atoms with van der Waals surface area (Å²) in [6.45, 7) is 0.246. The quantitative estimate of drug-likeness (QED) is 0.514. The van der Waals surface area contributed by atoms with Crippen LogP contribution in [-0.2, 0) is 16.1 Å². The van der Waals surface area contributed by atoms with E-state index in [1.807, 2.05) is 48.5 Å². The first-order valence-electron chi connectivity index (χ1n) is 7.70. The predicted molar refractivity (Wildman–Crippen MR) is 94.9 cm³/mol. The van der Waals surface area contributed by atoms with E-state index in [2.05, 4.69) is 23.2 Å². The maximum Gasteiger partial charge on any atom is 0.331 e. The molecule has 3 heteroatoms. The van der Waals surface area contributed by atoms with E-state index in [1.165, 1.54) is 6.08 Å². The summed E-state index contributed by atoms with van der Waals surface area (Å²) >= 11 is 0. The number of pyridine rings is 1. The Kier molecular flexibility index (Phi) is 5.15. The average Bonchev–Trinajstić information content (AvgIpc) is 2.66. The normalized spacial score (nSPS) is 10.7. The van der Waals surface area contributed by atoms with Crippen LogP contribution in [0.1, 0.15) is 11.1 Å². The molecule has 0 atom stereocenters. The molecule has 3 aromatic rings. The second-order valence-electron chi connectivity index (χ2n) is 5.29.